The maximum Gasteiger partial charge on any atom is 0.275 e. The second-order valence-electron chi connectivity index (χ2n) is 12.6. The summed E-state index contributed by atoms with van der Waals surface area (Å²) in [5, 5.41) is 14.7. The highest BCUT2D eigenvalue weighted by Gasteiger charge is 2.36. The first-order valence-corrected chi connectivity index (χ1v) is 16.4. The Kier molecular flexibility index (Phi) is 10.00. The number of piperazine rings is 1. The number of ether oxygens (including phenoxy) is 1. The molecule has 1 aliphatic carbocycles. The molecular formula is C37H44FN5O3. The molecule has 1 amide bonds. The van der Waals surface area contributed by atoms with Gasteiger partial charge in [-0.25, -0.2) is 9.37 Å². The Balaban J connectivity index is 1.26. The van der Waals surface area contributed by atoms with E-state index in [4.69, 9.17) is 9.72 Å². The lowest BCUT2D eigenvalue weighted by atomic mass is 9.84. The van der Waals surface area contributed by atoms with Crippen LogP contribution in [0.3, 0.4) is 0 Å². The van der Waals surface area contributed by atoms with E-state index >= 15 is 0 Å². The van der Waals surface area contributed by atoms with E-state index in [0.717, 1.165) is 56.5 Å². The van der Waals surface area contributed by atoms with Crippen LogP contribution in [0.4, 0.5) is 10.1 Å². The third kappa shape index (κ3) is 7.26. The molecule has 46 heavy (non-hydrogen) atoms. The van der Waals surface area contributed by atoms with E-state index in [1.807, 2.05) is 58.0 Å². The standard InChI is InChI=1S/C37H44FN5O3/c1-46-32-17-11-16-31(33(32)38)39-21-18-30-25-41(24-28-12-5-2-6-13-28)22-23-43(30)36(44)34-35(29-14-7-3-8-15-29)42(27-40-34)26-37(45)19-9-4-10-20-37/h2-3,5-8,11-17,27,30,39,45H,4,9-10,18-26H2,1H3/t30-/m1/s1. The van der Waals surface area contributed by atoms with Crippen LogP contribution < -0.4 is 10.1 Å². The van der Waals surface area contributed by atoms with Crippen LogP contribution in [-0.4, -0.2) is 75.3 Å². The average Bonchev–Trinajstić information content (AvgIpc) is 3.49. The van der Waals surface area contributed by atoms with Crippen molar-refractivity contribution >= 4 is 11.6 Å². The summed E-state index contributed by atoms with van der Waals surface area (Å²) in [6.07, 6.45) is 6.97. The van der Waals surface area contributed by atoms with Gasteiger partial charge in [0.2, 0.25) is 0 Å². The number of amides is 1. The molecule has 9 heteroatoms. The third-order valence-corrected chi connectivity index (χ3v) is 9.39. The van der Waals surface area contributed by atoms with Gasteiger partial charge in [-0.2, -0.15) is 0 Å². The Morgan fingerprint density at radius 2 is 1.74 bits per heavy atom. The molecule has 3 aromatic carbocycles. The maximum atomic E-state index is 14.9. The molecule has 0 spiro atoms. The number of carbonyl (C=O) groups is 1. The highest BCUT2D eigenvalue weighted by atomic mass is 19.1. The summed E-state index contributed by atoms with van der Waals surface area (Å²) in [6, 6.07) is 25.2. The quantitative estimate of drug-likeness (QED) is 0.206. The van der Waals surface area contributed by atoms with Crippen LogP contribution in [0.15, 0.2) is 85.2 Å². The molecule has 0 radical (unpaired) electrons. The van der Waals surface area contributed by atoms with E-state index in [1.54, 1.807) is 24.5 Å². The van der Waals surface area contributed by atoms with Crippen LogP contribution in [0.1, 0.15) is 54.6 Å². The van der Waals surface area contributed by atoms with Gasteiger partial charge >= 0.3 is 0 Å². The summed E-state index contributed by atoms with van der Waals surface area (Å²) in [5.74, 6) is -0.356. The van der Waals surface area contributed by atoms with Crippen molar-refractivity contribution in [3.05, 3.63) is 102 Å². The van der Waals surface area contributed by atoms with Gasteiger partial charge in [-0.1, -0.05) is 86.0 Å². The van der Waals surface area contributed by atoms with E-state index in [9.17, 15) is 14.3 Å². The molecule has 242 valence electrons. The van der Waals surface area contributed by atoms with Gasteiger partial charge in [-0.05, 0) is 37.0 Å². The third-order valence-electron chi connectivity index (χ3n) is 9.39. The number of nitrogens with one attached hydrogen (secondary N) is 1. The first kappa shape index (κ1) is 31.8. The molecule has 2 fully saturated rings. The molecule has 2 heterocycles. The van der Waals surface area contributed by atoms with Crippen molar-refractivity contribution in [2.24, 2.45) is 0 Å². The normalized spacial score (nSPS) is 18.3. The lowest BCUT2D eigenvalue weighted by Crippen LogP contribution is -2.55. The van der Waals surface area contributed by atoms with E-state index in [-0.39, 0.29) is 17.7 Å². The summed E-state index contributed by atoms with van der Waals surface area (Å²) in [4.78, 5) is 23.5. The Labute approximate surface area is 270 Å². The zero-order chi connectivity index (χ0) is 31.9. The first-order chi connectivity index (χ1) is 22.4. The van der Waals surface area contributed by atoms with E-state index in [1.165, 1.54) is 12.7 Å². The Morgan fingerprint density at radius 3 is 2.48 bits per heavy atom. The molecule has 1 saturated heterocycles. The van der Waals surface area contributed by atoms with Crippen LogP contribution in [0, 0.1) is 5.82 Å². The zero-order valence-electron chi connectivity index (χ0n) is 26.6. The number of aliphatic hydroxyl groups is 1. The summed E-state index contributed by atoms with van der Waals surface area (Å²) in [5.41, 5.74) is 2.83. The lowest BCUT2D eigenvalue weighted by molar-refractivity contribution is -0.0111. The van der Waals surface area contributed by atoms with Gasteiger partial charge in [0.25, 0.3) is 5.91 Å². The number of rotatable bonds is 11. The van der Waals surface area contributed by atoms with Crippen molar-refractivity contribution in [2.75, 3.05) is 38.6 Å². The molecule has 1 aliphatic heterocycles. The minimum Gasteiger partial charge on any atom is -0.494 e. The van der Waals surface area contributed by atoms with Crippen LogP contribution in [0.2, 0.25) is 0 Å². The van der Waals surface area contributed by atoms with Crippen LogP contribution in [0.5, 0.6) is 5.75 Å². The number of anilines is 1. The van der Waals surface area contributed by atoms with Crippen molar-refractivity contribution in [3.63, 3.8) is 0 Å². The minimum absolute atomic E-state index is 0.120. The van der Waals surface area contributed by atoms with Crippen molar-refractivity contribution in [1.29, 1.82) is 0 Å². The molecule has 1 atom stereocenters. The fourth-order valence-electron chi connectivity index (χ4n) is 6.98. The fraction of sp³-hybridized carbons (Fsp3) is 0.405. The Hall–Kier alpha value is -4.21. The molecule has 1 aromatic heterocycles. The SMILES string of the molecule is COc1cccc(NCC[C@@H]2CN(Cc3ccccc3)CCN2C(=O)c2ncn(CC3(O)CCCCC3)c2-c2ccccc2)c1F. The number of nitrogens with zero attached hydrogens (tertiary/aromatic N) is 4. The van der Waals surface area contributed by atoms with Gasteiger partial charge in [-0.3, -0.25) is 9.69 Å². The summed E-state index contributed by atoms with van der Waals surface area (Å²) in [7, 11) is 1.45. The van der Waals surface area contributed by atoms with Crippen LogP contribution in [-0.2, 0) is 13.1 Å². The van der Waals surface area contributed by atoms with Crippen molar-refractivity contribution < 1.29 is 19.0 Å². The second-order valence-corrected chi connectivity index (χ2v) is 12.6. The zero-order valence-corrected chi connectivity index (χ0v) is 26.6. The molecule has 6 rings (SSSR count). The number of methoxy groups -OCH3 is 1. The summed E-state index contributed by atoms with van der Waals surface area (Å²) in [6.45, 7) is 3.64. The van der Waals surface area contributed by atoms with Gasteiger partial charge < -0.3 is 24.6 Å². The van der Waals surface area contributed by atoms with Crippen LogP contribution >= 0.6 is 0 Å². The smallest absolute Gasteiger partial charge is 0.275 e. The lowest BCUT2D eigenvalue weighted by Gasteiger charge is -2.41. The number of hydrogen-bond donors (Lipinski definition) is 2. The molecule has 4 aromatic rings. The van der Waals surface area contributed by atoms with Crippen molar-refractivity contribution in [3.8, 4) is 17.0 Å². The van der Waals surface area contributed by atoms with E-state index in [2.05, 4.69) is 22.3 Å². The summed E-state index contributed by atoms with van der Waals surface area (Å²) < 4.78 is 22.0. The maximum absolute atomic E-state index is 14.9. The van der Waals surface area contributed by atoms with Gasteiger partial charge in [0.1, 0.15) is 0 Å². The number of benzene rings is 3. The first-order valence-electron chi connectivity index (χ1n) is 16.4. The second kappa shape index (κ2) is 14.5. The van der Waals surface area contributed by atoms with Gasteiger partial charge in [0.05, 0.1) is 37.0 Å². The van der Waals surface area contributed by atoms with Crippen LogP contribution in [0.25, 0.3) is 11.3 Å². The number of carbonyl (C=O) groups excluding carboxylic acids is 1. The summed E-state index contributed by atoms with van der Waals surface area (Å²) >= 11 is 0. The molecular weight excluding hydrogens is 581 g/mol. The molecule has 0 bridgehead atoms. The number of halogens is 1. The van der Waals surface area contributed by atoms with E-state index < -0.39 is 11.4 Å². The molecule has 0 unspecified atom stereocenters. The highest BCUT2D eigenvalue weighted by molar-refractivity contribution is 5.98. The number of imidazole rings is 1. The Morgan fingerprint density at radius 1 is 1.00 bits per heavy atom. The highest BCUT2D eigenvalue weighted by Crippen LogP contribution is 2.33. The molecule has 1 saturated carbocycles. The van der Waals surface area contributed by atoms with Gasteiger partial charge in [0, 0.05) is 44.3 Å². The number of hydrogen-bond acceptors (Lipinski definition) is 6. The van der Waals surface area contributed by atoms with Crippen molar-refractivity contribution in [2.45, 2.75) is 63.3 Å². The molecule has 8 nitrogen and oxygen atoms in total. The predicted octanol–water partition coefficient (Wildman–Crippen LogP) is 6.22. The van der Waals surface area contributed by atoms with Gasteiger partial charge in [0.15, 0.2) is 17.3 Å². The number of aromatic nitrogens is 2. The minimum atomic E-state index is -0.810. The van der Waals surface area contributed by atoms with E-state index in [0.29, 0.717) is 44.0 Å². The largest absolute Gasteiger partial charge is 0.494 e. The molecule has 2 N–H and O–H groups in total. The monoisotopic (exact) mass is 625 g/mol. The average molecular weight is 626 g/mol. The Bertz CT molecular complexity index is 1590. The predicted molar refractivity (Wildman–Crippen MR) is 178 cm³/mol. The fourth-order valence-corrected chi connectivity index (χ4v) is 6.98. The van der Waals surface area contributed by atoms with Gasteiger partial charge in [-0.15, -0.1) is 0 Å². The molecule has 2 aliphatic rings. The topological polar surface area (TPSA) is 82.9 Å². The van der Waals surface area contributed by atoms with Crippen molar-refractivity contribution in [1.82, 2.24) is 19.4 Å².